The number of hydrogen-bond acceptors (Lipinski definition) is 2. The minimum atomic E-state index is 0.821. The molecular formula is C19H28BrN5. The number of aliphatic imine (C=N–C) groups is 1. The number of nitrogens with zero attached hydrogens (tertiary/aromatic N) is 4. The normalized spacial score (nSPS) is 11.6. The summed E-state index contributed by atoms with van der Waals surface area (Å²) >= 11 is 3.62. The Labute approximate surface area is 159 Å². The van der Waals surface area contributed by atoms with Crippen LogP contribution < -0.4 is 5.32 Å². The molecule has 0 aliphatic heterocycles. The van der Waals surface area contributed by atoms with Gasteiger partial charge in [0.15, 0.2) is 5.96 Å². The lowest BCUT2D eigenvalue weighted by molar-refractivity contribution is 0.474. The lowest BCUT2D eigenvalue weighted by Gasteiger charge is -2.22. The van der Waals surface area contributed by atoms with Crippen LogP contribution in [0.2, 0.25) is 0 Å². The number of unbranched alkanes of at least 4 members (excludes halogenated alkanes) is 1. The summed E-state index contributed by atoms with van der Waals surface area (Å²) in [4.78, 5) is 11.2. The van der Waals surface area contributed by atoms with Gasteiger partial charge in [0.2, 0.25) is 0 Å². The highest BCUT2D eigenvalue weighted by atomic mass is 79.9. The highest BCUT2D eigenvalue weighted by Crippen LogP contribution is 2.17. The van der Waals surface area contributed by atoms with Crippen LogP contribution >= 0.6 is 15.9 Å². The predicted molar refractivity (Wildman–Crippen MR) is 108 cm³/mol. The van der Waals surface area contributed by atoms with Crippen LogP contribution in [0.25, 0.3) is 0 Å². The third-order valence-electron chi connectivity index (χ3n) is 4.05. The van der Waals surface area contributed by atoms with Gasteiger partial charge in [0.1, 0.15) is 5.82 Å². The second-order valence-corrected chi connectivity index (χ2v) is 6.91. The summed E-state index contributed by atoms with van der Waals surface area (Å²) in [6.07, 6.45) is 6.06. The fraction of sp³-hybridized carbons (Fsp3) is 0.474. The van der Waals surface area contributed by atoms with Crippen molar-refractivity contribution < 1.29 is 0 Å². The molecule has 0 aliphatic carbocycles. The first-order valence-electron chi connectivity index (χ1n) is 8.82. The number of imidazole rings is 1. The van der Waals surface area contributed by atoms with E-state index in [0.717, 1.165) is 55.3 Å². The largest absolute Gasteiger partial charge is 0.357 e. The van der Waals surface area contributed by atoms with Gasteiger partial charge in [-0.1, -0.05) is 34.1 Å². The summed E-state index contributed by atoms with van der Waals surface area (Å²) in [6.45, 7) is 7.66. The highest BCUT2D eigenvalue weighted by Gasteiger charge is 2.08. The van der Waals surface area contributed by atoms with Gasteiger partial charge >= 0.3 is 0 Å². The maximum Gasteiger partial charge on any atom is 0.193 e. The van der Waals surface area contributed by atoms with Gasteiger partial charge in [0.05, 0.1) is 0 Å². The predicted octanol–water partition coefficient (Wildman–Crippen LogP) is 3.83. The fourth-order valence-corrected chi connectivity index (χ4v) is 3.06. The smallest absolute Gasteiger partial charge is 0.193 e. The molecule has 0 saturated heterocycles. The number of aryl methyl sites for hydroxylation is 2. The molecule has 0 saturated carbocycles. The minimum absolute atomic E-state index is 0.821. The molecule has 25 heavy (non-hydrogen) atoms. The zero-order chi connectivity index (χ0) is 18.1. The monoisotopic (exact) mass is 405 g/mol. The van der Waals surface area contributed by atoms with Crippen LogP contribution in [0, 0.1) is 6.92 Å². The fourth-order valence-electron chi connectivity index (χ4n) is 2.65. The molecule has 0 fully saturated rings. The average molecular weight is 406 g/mol. The second-order valence-electron chi connectivity index (χ2n) is 6.06. The van der Waals surface area contributed by atoms with Crippen molar-refractivity contribution in [1.29, 1.82) is 0 Å². The van der Waals surface area contributed by atoms with Crippen molar-refractivity contribution in [3.63, 3.8) is 0 Å². The summed E-state index contributed by atoms with van der Waals surface area (Å²) in [5.74, 6) is 2.03. The number of aromatic nitrogens is 2. The number of benzene rings is 1. The Balaban J connectivity index is 1.84. The van der Waals surface area contributed by atoms with Crippen molar-refractivity contribution in [3.8, 4) is 0 Å². The molecule has 136 valence electrons. The van der Waals surface area contributed by atoms with E-state index in [1.165, 1.54) is 5.56 Å². The maximum absolute atomic E-state index is 4.77. The van der Waals surface area contributed by atoms with Crippen molar-refractivity contribution in [3.05, 3.63) is 52.5 Å². The maximum atomic E-state index is 4.77. The van der Waals surface area contributed by atoms with Crippen LogP contribution in [0.3, 0.4) is 0 Å². The summed E-state index contributed by atoms with van der Waals surface area (Å²) in [5, 5.41) is 3.38. The van der Waals surface area contributed by atoms with Gasteiger partial charge in [-0.3, -0.25) is 4.99 Å². The third kappa shape index (κ3) is 6.20. The van der Waals surface area contributed by atoms with Crippen molar-refractivity contribution in [1.82, 2.24) is 19.8 Å². The van der Waals surface area contributed by atoms with Gasteiger partial charge < -0.3 is 14.8 Å². The zero-order valence-corrected chi connectivity index (χ0v) is 17.0. The Hall–Kier alpha value is -1.82. The van der Waals surface area contributed by atoms with Crippen molar-refractivity contribution >= 4 is 21.9 Å². The number of halogens is 1. The van der Waals surface area contributed by atoms with Crippen molar-refractivity contribution in [2.45, 2.75) is 39.8 Å². The average Bonchev–Trinajstić information content (AvgIpc) is 3.00. The Morgan fingerprint density at radius 1 is 1.32 bits per heavy atom. The molecule has 2 rings (SSSR count). The van der Waals surface area contributed by atoms with E-state index in [1.807, 2.05) is 25.4 Å². The molecule has 5 nitrogen and oxygen atoms in total. The van der Waals surface area contributed by atoms with Gasteiger partial charge in [-0.2, -0.15) is 0 Å². The van der Waals surface area contributed by atoms with Crippen molar-refractivity contribution in [2.24, 2.45) is 4.99 Å². The molecule has 0 spiro atoms. The molecule has 1 N–H and O–H groups in total. The number of guanidine groups is 1. The van der Waals surface area contributed by atoms with Gasteiger partial charge in [-0.15, -0.1) is 0 Å². The molecule has 0 amide bonds. The van der Waals surface area contributed by atoms with Gasteiger partial charge in [-0.25, -0.2) is 4.98 Å². The molecule has 0 radical (unpaired) electrons. The second kappa shape index (κ2) is 10.2. The first-order valence-corrected chi connectivity index (χ1v) is 9.61. The number of hydrogen-bond donors (Lipinski definition) is 1. The molecule has 1 aromatic heterocycles. The van der Waals surface area contributed by atoms with E-state index in [0.29, 0.717) is 0 Å². The molecule has 0 unspecified atom stereocenters. The topological polar surface area (TPSA) is 45.5 Å². The Bertz CT molecular complexity index is 680. The van der Waals surface area contributed by atoms with Crippen molar-refractivity contribution in [2.75, 3.05) is 20.1 Å². The van der Waals surface area contributed by atoms with Crippen LogP contribution in [0.1, 0.15) is 31.2 Å². The number of rotatable bonds is 8. The zero-order valence-electron chi connectivity index (χ0n) is 15.4. The van der Waals surface area contributed by atoms with Gasteiger partial charge in [0, 0.05) is 50.1 Å². The van der Waals surface area contributed by atoms with Crippen LogP contribution in [0.4, 0.5) is 0 Å². The summed E-state index contributed by atoms with van der Waals surface area (Å²) in [6, 6.07) is 8.31. The van der Waals surface area contributed by atoms with Crippen LogP contribution in [0.15, 0.2) is 46.1 Å². The molecule has 6 heteroatoms. The quantitative estimate of drug-likeness (QED) is 0.412. The molecule has 0 bridgehead atoms. The van der Waals surface area contributed by atoms with E-state index in [-0.39, 0.29) is 0 Å². The van der Waals surface area contributed by atoms with E-state index >= 15 is 0 Å². The van der Waals surface area contributed by atoms with E-state index < -0.39 is 0 Å². The van der Waals surface area contributed by atoms with Gasteiger partial charge in [0.25, 0.3) is 0 Å². The molecule has 0 atom stereocenters. The van der Waals surface area contributed by atoms with E-state index in [4.69, 9.17) is 4.99 Å². The first kappa shape index (κ1) is 19.5. The summed E-state index contributed by atoms with van der Waals surface area (Å²) in [5.41, 5.74) is 1.26. The first-order chi connectivity index (χ1) is 12.1. The molecular weight excluding hydrogens is 378 g/mol. The Morgan fingerprint density at radius 2 is 2.12 bits per heavy atom. The standard InChI is InChI=1S/C19H28BrN5/c1-4-21-19(24(3)15-17-9-5-6-10-18(17)20)23-11-7-8-13-25-14-12-22-16(25)2/h5-6,9-10,12,14H,4,7-8,11,13,15H2,1-3H3,(H,21,23). The Kier molecular flexibility index (Phi) is 7.98. The van der Waals surface area contributed by atoms with Gasteiger partial charge in [-0.05, 0) is 38.3 Å². The lowest BCUT2D eigenvalue weighted by Crippen LogP contribution is -2.38. The van der Waals surface area contributed by atoms with Crippen LogP contribution in [0.5, 0.6) is 0 Å². The third-order valence-corrected chi connectivity index (χ3v) is 4.83. The van der Waals surface area contributed by atoms with Crippen LogP contribution in [-0.2, 0) is 13.1 Å². The van der Waals surface area contributed by atoms with E-state index in [2.05, 4.69) is 67.9 Å². The number of nitrogens with one attached hydrogen (secondary N) is 1. The molecule has 0 aliphatic rings. The lowest BCUT2D eigenvalue weighted by atomic mass is 10.2. The Morgan fingerprint density at radius 3 is 2.80 bits per heavy atom. The van der Waals surface area contributed by atoms with E-state index in [1.54, 1.807) is 0 Å². The SMILES string of the molecule is CCNC(=NCCCCn1ccnc1C)N(C)Cc1ccccc1Br. The summed E-state index contributed by atoms with van der Waals surface area (Å²) in [7, 11) is 2.08. The molecule has 1 aromatic carbocycles. The van der Waals surface area contributed by atoms with E-state index in [9.17, 15) is 0 Å². The van der Waals surface area contributed by atoms with Crippen LogP contribution in [-0.4, -0.2) is 40.5 Å². The minimum Gasteiger partial charge on any atom is -0.357 e. The molecule has 2 aromatic rings. The highest BCUT2D eigenvalue weighted by molar-refractivity contribution is 9.10. The molecule has 1 heterocycles. The summed E-state index contributed by atoms with van der Waals surface area (Å²) < 4.78 is 3.32.